The molecule has 2 rings (SSSR count). The summed E-state index contributed by atoms with van der Waals surface area (Å²) in [6, 6.07) is 2.62. The predicted octanol–water partition coefficient (Wildman–Crippen LogP) is 3.20. The lowest BCUT2D eigenvalue weighted by Gasteiger charge is -2.03. The highest BCUT2D eigenvalue weighted by atomic mass is 35.5. The van der Waals surface area contributed by atoms with Crippen molar-refractivity contribution in [2.45, 2.75) is 10.1 Å². The number of hydrogen-bond donors (Lipinski definition) is 1. The number of hydrogen-bond acceptors (Lipinski definition) is 4. The second-order valence-electron chi connectivity index (χ2n) is 2.70. The zero-order valence-electron chi connectivity index (χ0n) is 7.41. The SMILES string of the molecule is Nc1cc(Cl)c(F)cc1Sc1ncco1. The first kappa shape index (κ1) is 10.3. The van der Waals surface area contributed by atoms with Crippen LogP contribution in [0.1, 0.15) is 0 Å². The summed E-state index contributed by atoms with van der Waals surface area (Å²) in [5.41, 5.74) is 6.06. The van der Waals surface area contributed by atoms with Gasteiger partial charge in [-0.15, -0.1) is 0 Å². The minimum Gasteiger partial charge on any atom is -0.440 e. The van der Waals surface area contributed by atoms with Gasteiger partial charge in [0.2, 0.25) is 0 Å². The second kappa shape index (κ2) is 4.12. The molecule has 0 spiro atoms. The molecule has 0 aliphatic rings. The van der Waals surface area contributed by atoms with E-state index in [4.69, 9.17) is 21.8 Å². The van der Waals surface area contributed by atoms with Gasteiger partial charge in [0.05, 0.1) is 11.2 Å². The Bertz CT molecular complexity index is 475. The monoisotopic (exact) mass is 244 g/mol. The normalized spacial score (nSPS) is 10.5. The third-order valence-corrected chi connectivity index (χ3v) is 2.90. The first-order valence-electron chi connectivity index (χ1n) is 3.98. The van der Waals surface area contributed by atoms with Gasteiger partial charge in [0.15, 0.2) is 0 Å². The van der Waals surface area contributed by atoms with E-state index in [0.717, 1.165) is 11.8 Å². The number of oxazole rings is 1. The van der Waals surface area contributed by atoms with Crippen molar-refractivity contribution < 1.29 is 8.81 Å². The van der Waals surface area contributed by atoms with Gasteiger partial charge in [-0.05, 0) is 23.9 Å². The fourth-order valence-corrected chi connectivity index (χ4v) is 1.90. The maximum absolute atomic E-state index is 13.1. The van der Waals surface area contributed by atoms with Crippen LogP contribution in [0.15, 0.2) is 39.1 Å². The summed E-state index contributed by atoms with van der Waals surface area (Å²) in [7, 11) is 0. The lowest BCUT2D eigenvalue weighted by atomic mass is 10.3. The number of halogens is 2. The molecule has 0 amide bonds. The maximum Gasteiger partial charge on any atom is 0.260 e. The van der Waals surface area contributed by atoms with E-state index in [1.165, 1.54) is 24.6 Å². The highest BCUT2D eigenvalue weighted by molar-refractivity contribution is 7.99. The molecule has 0 saturated carbocycles. The molecule has 0 bridgehead atoms. The predicted molar refractivity (Wildman–Crippen MR) is 56.4 cm³/mol. The van der Waals surface area contributed by atoms with Gasteiger partial charge in [0.1, 0.15) is 12.1 Å². The molecule has 1 heterocycles. The number of nitrogen functional groups attached to an aromatic ring is 1. The highest BCUT2D eigenvalue weighted by Crippen LogP contribution is 2.33. The van der Waals surface area contributed by atoms with Crippen molar-refractivity contribution in [3.63, 3.8) is 0 Å². The van der Waals surface area contributed by atoms with Gasteiger partial charge in [-0.25, -0.2) is 9.37 Å². The lowest BCUT2D eigenvalue weighted by molar-refractivity contribution is 0.454. The van der Waals surface area contributed by atoms with Crippen molar-refractivity contribution >= 4 is 29.1 Å². The van der Waals surface area contributed by atoms with E-state index in [0.29, 0.717) is 15.8 Å². The molecule has 2 N–H and O–H groups in total. The summed E-state index contributed by atoms with van der Waals surface area (Å²) in [6.07, 6.45) is 2.94. The van der Waals surface area contributed by atoms with E-state index in [1.54, 1.807) is 0 Å². The Morgan fingerprint density at radius 3 is 2.93 bits per heavy atom. The Morgan fingerprint density at radius 1 is 1.47 bits per heavy atom. The topological polar surface area (TPSA) is 52.0 Å². The molecular weight excluding hydrogens is 239 g/mol. The van der Waals surface area contributed by atoms with Crippen molar-refractivity contribution in [3.8, 4) is 0 Å². The van der Waals surface area contributed by atoms with Crippen LogP contribution in [0.25, 0.3) is 0 Å². The summed E-state index contributed by atoms with van der Waals surface area (Å²) in [5.74, 6) is -0.514. The van der Waals surface area contributed by atoms with E-state index < -0.39 is 5.82 Å². The van der Waals surface area contributed by atoms with Crippen molar-refractivity contribution in [1.82, 2.24) is 4.98 Å². The fourth-order valence-electron chi connectivity index (χ4n) is 0.987. The molecule has 0 atom stereocenters. The summed E-state index contributed by atoms with van der Waals surface area (Å²) < 4.78 is 18.1. The molecule has 78 valence electrons. The average molecular weight is 245 g/mol. The summed E-state index contributed by atoms with van der Waals surface area (Å²) in [5, 5.41) is 0.410. The first-order chi connectivity index (χ1) is 7.16. The number of aromatic nitrogens is 1. The summed E-state index contributed by atoms with van der Waals surface area (Å²) in [4.78, 5) is 4.42. The zero-order chi connectivity index (χ0) is 10.8. The zero-order valence-corrected chi connectivity index (χ0v) is 8.98. The van der Waals surface area contributed by atoms with E-state index in [-0.39, 0.29) is 5.02 Å². The number of nitrogens with two attached hydrogens (primary N) is 1. The number of rotatable bonds is 2. The van der Waals surface area contributed by atoms with Gasteiger partial charge in [-0.1, -0.05) is 11.6 Å². The first-order valence-corrected chi connectivity index (χ1v) is 5.18. The Balaban J connectivity index is 2.33. The summed E-state index contributed by atoms with van der Waals surface area (Å²) >= 11 is 6.71. The number of benzene rings is 1. The van der Waals surface area contributed by atoms with Gasteiger partial charge in [-0.2, -0.15) is 0 Å². The molecule has 0 saturated heterocycles. The standard InChI is InChI=1S/C9H6ClFN2OS/c10-5-3-7(12)8(4-6(5)11)15-9-13-1-2-14-9/h1-4H,12H2. The molecular formula is C9H6ClFN2OS. The third-order valence-electron chi connectivity index (χ3n) is 1.66. The molecule has 6 heteroatoms. The van der Waals surface area contributed by atoms with Crippen LogP contribution >= 0.6 is 23.4 Å². The van der Waals surface area contributed by atoms with Gasteiger partial charge in [-0.3, -0.25) is 0 Å². The van der Waals surface area contributed by atoms with Crippen LogP contribution in [-0.2, 0) is 0 Å². The molecule has 3 nitrogen and oxygen atoms in total. The van der Waals surface area contributed by atoms with Gasteiger partial charge in [0.25, 0.3) is 5.22 Å². The van der Waals surface area contributed by atoms with E-state index in [2.05, 4.69) is 4.98 Å². The maximum atomic E-state index is 13.1. The Kier molecular flexibility index (Phi) is 2.83. The van der Waals surface area contributed by atoms with Crippen LogP contribution < -0.4 is 5.73 Å². The lowest BCUT2D eigenvalue weighted by Crippen LogP contribution is -1.90. The Morgan fingerprint density at radius 2 is 2.27 bits per heavy atom. The van der Waals surface area contributed by atoms with Crippen molar-refractivity contribution in [2.75, 3.05) is 5.73 Å². The smallest absolute Gasteiger partial charge is 0.260 e. The highest BCUT2D eigenvalue weighted by Gasteiger charge is 2.09. The van der Waals surface area contributed by atoms with Gasteiger partial charge < -0.3 is 10.2 Å². The minimum absolute atomic E-state index is 0.00394. The van der Waals surface area contributed by atoms with Gasteiger partial charge in [0, 0.05) is 10.6 Å². The molecule has 0 fully saturated rings. The van der Waals surface area contributed by atoms with Crippen LogP contribution in [-0.4, -0.2) is 4.98 Å². The number of anilines is 1. The molecule has 0 aliphatic heterocycles. The van der Waals surface area contributed by atoms with Crippen LogP contribution in [0.3, 0.4) is 0 Å². The molecule has 1 aromatic carbocycles. The Labute approximate surface area is 94.4 Å². The molecule has 0 radical (unpaired) electrons. The molecule has 0 aliphatic carbocycles. The average Bonchev–Trinajstić information content (AvgIpc) is 2.67. The number of nitrogens with zero attached hydrogens (tertiary/aromatic N) is 1. The largest absolute Gasteiger partial charge is 0.440 e. The van der Waals surface area contributed by atoms with Crippen LogP contribution in [0.5, 0.6) is 0 Å². The minimum atomic E-state index is -0.514. The second-order valence-corrected chi connectivity index (χ2v) is 4.10. The van der Waals surface area contributed by atoms with Crippen molar-refractivity contribution in [2.24, 2.45) is 0 Å². The van der Waals surface area contributed by atoms with Crippen molar-refractivity contribution in [3.05, 3.63) is 35.4 Å². The van der Waals surface area contributed by atoms with Crippen molar-refractivity contribution in [1.29, 1.82) is 0 Å². The molecule has 1 aromatic heterocycles. The van der Waals surface area contributed by atoms with E-state index in [1.807, 2.05) is 0 Å². The third kappa shape index (κ3) is 2.24. The fraction of sp³-hybridized carbons (Fsp3) is 0. The Hall–Kier alpha value is -1.20. The molecule has 2 aromatic rings. The van der Waals surface area contributed by atoms with Crippen LogP contribution in [0.2, 0.25) is 5.02 Å². The van der Waals surface area contributed by atoms with E-state index in [9.17, 15) is 4.39 Å². The van der Waals surface area contributed by atoms with Crippen LogP contribution in [0, 0.1) is 5.82 Å². The summed E-state index contributed by atoms with van der Waals surface area (Å²) in [6.45, 7) is 0. The molecule has 15 heavy (non-hydrogen) atoms. The van der Waals surface area contributed by atoms with E-state index >= 15 is 0 Å². The molecule has 0 unspecified atom stereocenters. The van der Waals surface area contributed by atoms with Crippen LogP contribution in [0.4, 0.5) is 10.1 Å². The van der Waals surface area contributed by atoms with Gasteiger partial charge >= 0.3 is 0 Å². The quantitative estimate of drug-likeness (QED) is 0.825.